The SMILES string of the molecule is COc1ccccc1N1CCN(N=C(C)c2cccs2)CC1. The second kappa shape index (κ2) is 6.83. The molecular weight excluding hydrogens is 294 g/mol. The van der Waals surface area contributed by atoms with E-state index in [1.165, 1.54) is 10.6 Å². The molecule has 1 saturated heterocycles. The fourth-order valence-electron chi connectivity index (χ4n) is 2.67. The number of hydrogen-bond donors (Lipinski definition) is 0. The number of thiophene rings is 1. The van der Waals surface area contributed by atoms with Crippen LogP contribution >= 0.6 is 11.3 Å². The fraction of sp³-hybridized carbons (Fsp3) is 0.353. The van der Waals surface area contributed by atoms with Crippen LogP contribution in [0.2, 0.25) is 0 Å². The smallest absolute Gasteiger partial charge is 0.142 e. The topological polar surface area (TPSA) is 28.1 Å². The second-order valence-electron chi connectivity index (χ2n) is 5.28. The number of piperazine rings is 1. The number of anilines is 1. The molecule has 4 nitrogen and oxygen atoms in total. The van der Waals surface area contributed by atoms with Crippen LogP contribution < -0.4 is 9.64 Å². The summed E-state index contributed by atoms with van der Waals surface area (Å²) in [6.07, 6.45) is 0. The molecule has 1 aliphatic rings. The van der Waals surface area contributed by atoms with E-state index < -0.39 is 0 Å². The summed E-state index contributed by atoms with van der Waals surface area (Å²) in [5.74, 6) is 0.939. The standard InChI is InChI=1S/C17H21N3OS/c1-14(17-8-5-13-22-17)18-20-11-9-19(10-12-20)15-6-3-4-7-16(15)21-2/h3-8,13H,9-12H2,1-2H3. The van der Waals surface area contributed by atoms with Crippen molar-refractivity contribution >= 4 is 22.7 Å². The van der Waals surface area contributed by atoms with Gasteiger partial charge in [0.2, 0.25) is 0 Å². The van der Waals surface area contributed by atoms with Crippen LogP contribution in [0.5, 0.6) is 5.75 Å². The summed E-state index contributed by atoms with van der Waals surface area (Å²) in [5.41, 5.74) is 2.27. The van der Waals surface area contributed by atoms with Gasteiger partial charge in [-0.25, -0.2) is 0 Å². The maximum absolute atomic E-state index is 5.46. The van der Waals surface area contributed by atoms with Gasteiger partial charge in [0.25, 0.3) is 0 Å². The van der Waals surface area contributed by atoms with Crippen molar-refractivity contribution in [3.8, 4) is 5.75 Å². The van der Waals surface area contributed by atoms with Gasteiger partial charge in [0, 0.05) is 18.0 Å². The lowest BCUT2D eigenvalue weighted by atomic mass is 10.2. The molecule has 2 aromatic rings. The summed E-state index contributed by atoms with van der Waals surface area (Å²) in [4.78, 5) is 3.61. The van der Waals surface area contributed by atoms with Gasteiger partial charge in [0.15, 0.2) is 0 Å². The molecule has 0 aliphatic carbocycles. The summed E-state index contributed by atoms with van der Waals surface area (Å²) < 4.78 is 5.46. The first-order valence-electron chi connectivity index (χ1n) is 7.50. The molecule has 0 spiro atoms. The van der Waals surface area contributed by atoms with E-state index in [1.54, 1.807) is 18.4 Å². The number of rotatable bonds is 4. The molecule has 0 bridgehead atoms. The van der Waals surface area contributed by atoms with Crippen molar-refractivity contribution in [3.05, 3.63) is 46.7 Å². The van der Waals surface area contributed by atoms with Gasteiger partial charge in [-0.05, 0) is 30.5 Å². The molecule has 1 aromatic heterocycles. The molecule has 1 aliphatic heterocycles. The van der Waals surface area contributed by atoms with Crippen LogP contribution in [0.3, 0.4) is 0 Å². The number of para-hydroxylation sites is 2. The highest BCUT2D eigenvalue weighted by atomic mass is 32.1. The predicted octanol–water partition coefficient (Wildman–Crippen LogP) is 3.30. The van der Waals surface area contributed by atoms with Crippen molar-refractivity contribution in [2.45, 2.75) is 6.92 Å². The molecule has 0 atom stereocenters. The lowest BCUT2D eigenvalue weighted by Gasteiger charge is -2.35. The molecule has 0 N–H and O–H groups in total. The molecule has 1 aromatic carbocycles. The molecule has 0 radical (unpaired) electrons. The van der Waals surface area contributed by atoms with E-state index in [2.05, 4.69) is 46.5 Å². The first kappa shape index (κ1) is 14.9. The Bertz CT molecular complexity index is 631. The van der Waals surface area contributed by atoms with Crippen molar-refractivity contribution in [3.63, 3.8) is 0 Å². The van der Waals surface area contributed by atoms with E-state index in [1.807, 2.05) is 12.1 Å². The van der Waals surface area contributed by atoms with Crippen LogP contribution in [0.15, 0.2) is 46.9 Å². The van der Waals surface area contributed by atoms with Crippen molar-refractivity contribution in [2.75, 3.05) is 38.2 Å². The molecular formula is C17H21N3OS. The Balaban J connectivity index is 1.64. The Morgan fingerprint density at radius 1 is 1.09 bits per heavy atom. The van der Waals surface area contributed by atoms with E-state index in [4.69, 9.17) is 9.84 Å². The Hall–Kier alpha value is -2.01. The highest BCUT2D eigenvalue weighted by Gasteiger charge is 2.18. The molecule has 5 heteroatoms. The third-order valence-corrected chi connectivity index (χ3v) is 4.83. The van der Waals surface area contributed by atoms with Crippen LogP contribution in [0, 0.1) is 0 Å². The zero-order chi connectivity index (χ0) is 15.4. The van der Waals surface area contributed by atoms with Crippen molar-refractivity contribution in [1.82, 2.24) is 5.01 Å². The summed E-state index contributed by atoms with van der Waals surface area (Å²) in [7, 11) is 1.73. The minimum atomic E-state index is 0.931. The van der Waals surface area contributed by atoms with Gasteiger partial charge in [0.1, 0.15) is 5.75 Å². The van der Waals surface area contributed by atoms with Crippen molar-refractivity contribution < 1.29 is 4.74 Å². The monoisotopic (exact) mass is 315 g/mol. The van der Waals surface area contributed by atoms with Crippen LogP contribution in [0.25, 0.3) is 0 Å². The molecule has 0 saturated carbocycles. The third-order valence-electron chi connectivity index (χ3n) is 3.85. The van der Waals surface area contributed by atoms with Crippen molar-refractivity contribution in [2.24, 2.45) is 5.10 Å². The van der Waals surface area contributed by atoms with Gasteiger partial charge in [-0.1, -0.05) is 18.2 Å². The average Bonchev–Trinajstić information content (AvgIpc) is 3.10. The van der Waals surface area contributed by atoms with Crippen molar-refractivity contribution in [1.29, 1.82) is 0 Å². The molecule has 3 rings (SSSR count). The number of hydrazone groups is 1. The Labute approximate surface area is 135 Å². The van der Waals surface area contributed by atoms with Gasteiger partial charge < -0.3 is 9.64 Å². The normalized spacial score (nSPS) is 16.0. The summed E-state index contributed by atoms with van der Waals surface area (Å²) >= 11 is 1.74. The molecule has 0 unspecified atom stereocenters. The fourth-order valence-corrected chi connectivity index (χ4v) is 3.35. The Morgan fingerprint density at radius 2 is 1.86 bits per heavy atom. The number of hydrogen-bond acceptors (Lipinski definition) is 5. The van der Waals surface area contributed by atoms with Crippen LogP contribution in [0.4, 0.5) is 5.69 Å². The van der Waals surface area contributed by atoms with Gasteiger partial charge in [-0.2, -0.15) is 5.10 Å². The zero-order valence-corrected chi connectivity index (χ0v) is 13.8. The first-order valence-corrected chi connectivity index (χ1v) is 8.38. The van der Waals surface area contributed by atoms with E-state index >= 15 is 0 Å². The van der Waals surface area contributed by atoms with Gasteiger partial charge in [-0.3, -0.25) is 5.01 Å². The highest BCUT2D eigenvalue weighted by molar-refractivity contribution is 7.12. The van der Waals surface area contributed by atoms with Crippen LogP contribution in [0.1, 0.15) is 11.8 Å². The van der Waals surface area contributed by atoms with Crippen LogP contribution in [-0.4, -0.2) is 44.0 Å². The largest absolute Gasteiger partial charge is 0.495 e. The zero-order valence-electron chi connectivity index (χ0n) is 13.0. The summed E-state index contributed by atoms with van der Waals surface area (Å²) in [5, 5.41) is 9.01. The Morgan fingerprint density at radius 3 is 2.55 bits per heavy atom. The van der Waals surface area contributed by atoms with E-state index in [-0.39, 0.29) is 0 Å². The van der Waals surface area contributed by atoms with Gasteiger partial charge in [0.05, 0.1) is 31.6 Å². The molecule has 0 amide bonds. The van der Waals surface area contributed by atoms with E-state index in [9.17, 15) is 0 Å². The summed E-state index contributed by atoms with van der Waals surface area (Å²) in [6, 6.07) is 12.4. The highest BCUT2D eigenvalue weighted by Crippen LogP contribution is 2.28. The van der Waals surface area contributed by atoms with Gasteiger partial charge >= 0.3 is 0 Å². The predicted molar refractivity (Wildman–Crippen MR) is 93.3 cm³/mol. The molecule has 116 valence electrons. The van der Waals surface area contributed by atoms with Gasteiger partial charge in [-0.15, -0.1) is 11.3 Å². The van der Waals surface area contributed by atoms with E-state index in [0.717, 1.165) is 37.6 Å². The lowest BCUT2D eigenvalue weighted by Crippen LogP contribution is -2.44. The van der Waals surface area contributed by atoms with E-state index in [0.29, 0.717) is 0 Å². The summed E-state index contributed by atoms with van der Waals surface area (Å²) in [6.45, 7) is 5.86. The molecule has 2 heterocycles. The third kappa shape index (κ3) is 3.25. The number of benzene rings is 1. The minimum Gasteiger partial charge on any atom is -0.495 e. The first-order chi connectivity index (χ1) is 10.8. The molecule has 22 heavy (non-hydrogen) atoms. The second-order valence-corrected chi connectivity index (χ2v) is 6.22. The average molecular weight is 315 g/mol. The van der Waals surface area contributed by atoms with Crippen LogP contribution in [-0.2, 0) is 0 Å². The lowest BCUT2D eigenvalue weighted by molar-refractivity contribution is 0.269. The number of nitrogens with zero attached hydrogens (tertiary/aromatic N) is 3. The minimum absolute atomic E-state index is 0.931. The quantitative estimate of drug-likeness (QED) is 0.810. The molecule has 1 fully saturated rings. The number of methoxy groups -OCH3 is 1. The maximum Gasteiger partial charge on any atom is 0.142 e. The number of ether oxygens (including phenoxy) is 1. The maximum atomic E-state index is 5.46. The Kier molecular flexibility index (Phi) is 4.63.